The Hall–Kier alpha value is -2.29. The summed E-state index contributed by atoms with van der Waals surface area (Å²) in [6.07, 6.45) is 1.56. The minimum atomic E-state index is -3.71. The Balaban J connectivity index is 2.14. The molecule has 0 aromatic heterocycles. The zero-order chi connectivity index (χ0) is 18.4. The highest BCUT2D eigenvalue weighted by atomic mass is 35.5. The van der Waals surface area contributed by atoms with Gasteiger partial charge in [0, 0.05) is 0 Å². The van der Waals surface area contributed by atoms with Gasteiger partial charge in [0.05, 0.1) is 35.5 Å². The predicted molar refractivity (Wildman–Crippen MR) is 98.2 cm³/mol. The quantitative estimate of drug-likeness (QED) is 0.565. The number of rotatable bonds is 7. The Labute approximate surface area is 151 Å². The predicted octanol–water partition coefficient (Wildman–Crippen LogP) is 2.84. The van der Waals surface area contributed by atoms with Gasteiger partial charge in [-0.15, -0.1) is 0 Å². The van der Waals surface area contributed by atoms with Gasteiger partial charge in [-0.05, 0) is 48.9 Å². The molecule has 0 radical (unpaired) electrons. The lowest BCUT2D eigenvalue weighted by Crippen LogP contribution is -2.11. The van der Waals surface area contributed by atoms with Gasteiger partial charge in [-0.1, -0.05) is 11.6 Å². The molecule has 0 aliphatic heterocycles. The van der Waals surface area contributed by atoms with E-state index in [1.54, 1.807) is 30.5 Å². The van der Waals surface area contributed by atoms with Crippen LogP contribution in [0.15, 0.2) is 46.4 Å². The molecular formula is C16H18ClN3O4S. The van der Waals surface area contributed by atoms with Crippen LogP contribution in [0, 0.1) is 0 Å². The summed E-state index contributed by atoms with van der Waals surface area (Å²) in [5.41, 5.74) is 4.11. The number of halogens is 1. The third-order valence-electron chi connectivity index (χ3n) is 3.13. The molecule has 0 amide bonds. The molecule has 25 heavy (non-hydrogen) atoms. The van der Waals surface area contributed by atoms with Crippen LogP contribution in [0.25, 0.3) is 0 Å². The van der Waals surface area contributed by atoms with Gasteiger partial charge in [-0.2, -0.15) is 5.10 Å². The van der Waals surface area contributed by atoms with E-state index in [2.05, 4.69) is 10.5 Å². The molecule has 0 saturated heterocycles. The molecule has 0 saturated carbocycles. The maximum absolute atomic E-state index is 11.2. The number of methoxy groups -OCH3 is 1. The molecule has 9 heteroatoms. The molecule has 0 aliphatic carbocycles. The van der Waals surface area contributed by atoms with Gasteiger partial charge in [-0.3, -0.25) is 5.43 Å². The van der Waals surface area contributed by atoms with Gasteiger partial charge in [0.15, 0.2) is 11.5 Å². The summed E-state index contributed by atoms with van der Waals surface area (Å²) < 4.78 is 33.1. The SMILES string of the molecule is CCOc1cc(C=NNc2ccc(S(N)(=O)=O)cc2)cc(Cl)c1OC. The number of ether oxygens (including phenoxy) is 2. The van der Waals surface area contributed by atoms with E-state index in [4.69, 9.17) is 26.2 Å². The number of benzene rings is 2. The first-order valence-electron chi connectivity index (χ1n) is 7.27. The van der Waals surface area contributed by atoms with E-state index in [1.165, 1.54) is 19.2 Å². The summed E-state index contributed by atoms with van der Waals surface area (Å²) >= 11 is 6.17. The third-order valence-corrected chi connectivity index (χ3v) is 4.34. The molecule has 0 heterocycles. The van der Waals surface area contributed by atoms with Gasteiger partial charge >= 0.3 is 0 Å². The summed E-state index contributed by atoms with van der Waals surface area (Å²) in [5, 5.41) is 9.55. The number of nitrogens with two attached hydrogens (primary N) is 1. The zero-order valence-electron chi connectivity index (χ0n) is 13.7. The van der Waals surface area contributed by atoms with E-state index >= 15 is 0 Å². The average Bonchev–Trinajstić information content (AvgIpc) is 2.55. The summed E-state index contributed by atoms with van der Waals surface area (Å²) in [4.78, 5) is 0.0327. The van der Waals surface area contributed by atoms with Crippen LogP contribution < -0.4 is 20.0 Å². The number of anilines is 1. The van der Waals surface area contributed by atoms with Crippen molar-refractivity contribution in [1.82, 2.24) is 0 Å². The van der Waals surface area contributed by atoms with Crippen LogP contribution in [-0.4, -0.2) is 28.3 Å². The lowest BCUT2D eigenvalue weighted by atomic mass is 10.2. The zero-order valence-corrected chi connectivity index (χ0v) is 15.3. The largest absolute Gasteiger partial charge is 0.491 e. The normalized spacial score (nSPS) is 11.5. The Kier molecular flexibility index (Phi) is 6.24. The fourth-order valence-electron chi connectivity index (χ4n) is 2.02. The molecule has 0 bridgehead atoms. The van der Waals surface area contributed by atoms with Crippen LogP contribution in [0.1, 0.15) is 12.5 Å². The van der Waals surface area contributed by atoms with Crippen molar-refractivity contribution in [2.24, 2.45) is 10.2 Å². The monoisotopic (exact) mass is 383 g/mol. The maximum Gasteiger partial charge on any atom is 0.238 e. The molecule has 0 atom stereocenters. The Morgan fingerprint density at radius 1 is 1.28 bits per heavy atom. The topological polar surface area (TPSA) is 103 Å². The minimum Gasteiger partial charge on any atom is -0.491 e. The highest BCUT2D eigenvalue weighted by Crippen LogP contribution is 2.35. The van der Waals surface area contributed by atoms with Gasteiger partial charge in [-0.25, -0.2) is 13.6 Å². The second kappa shape index (κ2) is 8.19. The number of hydrogen-bond acceptors (Lipinski definition) is 6. The van der Waals surface area contributed by atoms with Crippen molar-refractivity contribution >= 4 is 33.5 Å². The first-order chi connectivity index (χ1) is 11.8. The summed E-state index contributed by atoms with van der Waals surface area (Å²) in [7, 11) is -2.19. The van der Waals surface area contributed by atoms with Crippen LogP contribution in [-0.2, 0) is 10.0 Å². The van der Waals surface area contributed by atoms with Gasteiger partial charge < -0.3 is 9.47 Å². The average molecular weight is 384 g/mol. The lowest BCUT2D eigenvalue weighted by Gasteiger charge is -2.11. The van der Waals surface area contributed by atoms with E-state index in [0.29, 0.717) is 34.4 Å². The van der Waals surface area contributed by atoms with E-state index in [-0.39, 0.29) is 4.90 Å². The Morgan fingerprint density at radius 3 is 2.52 bits per heavy atom. The van der Waals surface area contributed by atoms with Gasteiger partial charge in [0.25, 0.3) is 0 Å². The molecule has 134 valence electrons. The van der Waals surface area contributed by atoms with Gasteiger partial charge in [0.2, 0.25) is 10.0 Å². The van der Waals surface area contributed by atoms with Crippen molar-refractivity contribution in [3.63, 3.8) is 0 Å². The second-order valence-electron chi connectivity index (χ2n) is 4.91. The van der Waals surface area contributed by atoms with Crippen molar-refractivity contribution in [2.45, 2.75) is 11.8 Å². The van der Waals surface area contributed by atoms with Crippen molar-refractivity contribution in [3.05, 3.63) is 47.0 Å². The van der Waals surface area contributed by atoms with E-state index < -0.39 is 10.0 Å². The maximum atomic E-state index is 11.2. The van der Waals surface area contributed by atoms with Crippen LogP contribution >= 0.6 is 11.6 Å². The Morgan fingerprint density at radius 2 is 1.96 bits per heavy atom. The Bertz CT molecular complexity index is 868. The summed E-state index contributed by atoms with van der Waals surface area (Å²) in [5.74, 6) is 0.990. The molecule has 2 aromatic rings. The van der Waals surface area contributed by atoms with Crippen molar-refractivity contribution in [3.8, 4) is 11.5 Å². The van der Waals surface area contributed by atoms with E-state index in [0.717, 1.165) is 0 Å². The fourth-order valence-corrected chi connectivity index (χ4v) is 2.84. The number of sulfonamides is 1. The standard InChI is InChI=1S/C16H18ClN3O4S/c1-3-24-15-9-11(8-14(17)16(15)23-2)10-19-20-12-4-6-13(7-5-12)25(18,21)22/h4-10,20H,3H2,1-2H3,(H2,18,21,22). The lowest BCUT2D eigenvalue weighted by molar-refractivity contribution is 0.311. The molecule has 0 aliphatic rings. The number of nitrogens with zero attached hydrogens (tertiary/aromatic N) is 1. The highest BCUT2D eigenvalue weighted by Gasteiger charge is 2.10. The number of primary sulfonamides is 1. The van der Waals surface area contributed by atoms with Gasteiger partial charge in [0.1, 0.15) is 0 Å². The van der Waals surface area contributed by atoms with Crippen LogP contribution in [0.3, 0.4) is 0 Å². The number of nitrogens with one attached hydrogen (secondary N) is 1. The van der Waals surface area contributed by atoms with Crippen LogP contribution in [0.5, 0.6) is 11.5 Å². The highest BCUT2D eigenvalue weighted by molar-refractivity contribution is 7.89. The summed E-state index contributed by atoms with van der Waals surface area (Å²) in [6, 6.07) is 9.35. The van der Waals surface area contributed by atoms with Crippen LogP contribution in [0.4, 0.5) is 5.69 Å². The van der Waals surface area contributed by atoms with Crippen molar-refractivity contribution in [1.29, 1.82) is 0 Å². The minimum absolute atomic E-state index is 0.0327. The number of hydrogen-bond donors (Lipinski definition) is 2. The van der Waals surface area contributed by atoms with Crippen molar-refractivity contribution in [2.75, 3.05) is 19.1 Å². The number of hydrazone groups is 1. The van der Waals surface area contributed by atoms with E-state index in [1.807, 2.05) is 6.92 Å². The van der Waals surface area contributed by atoms with Crippen LogP contribution in [0.2, 0.25) is 5.02 Å². The first kappa shape index (κ1) is 19.0. The second-order valence-corrected chi connectivity index (χ2v) is 6.88. The summed E-state index contributed by atoms with van der Waals surface area (Å²) in [6.45, 7) is 2.34. The fraction of sp³-hybridized carbons (Fsp3) is 0.188. The molecule has 0 spiro atoms. The molecular weight excluding hydrogens is 366 g/mol. The third kappa shape index (κ3) is 5.09. The first-order valence-corrected chi connectivity index (χ1v) is 9.20. The molecule has 7 nitrogen and oxygen atoms in total. The molecule has 3 N–H and O–H groups in total. The van der Waals surface area contributed by atoms with E-state index in [9.17, 15) is 8.42 Å². The molecule has 2 rings (SSSR count). The smallest absolute Gasteiger partial charge is 0.238 e. The molecule has 2 aromatic carbocycles. The molecule has 0 unspecified atom stereocenters. The molecule has 0 fully saturated rings. The van der Waals surface area contributed by atoms with Crippen molar-refractivity contribution < 1.29 is 17.9 Å².